The van der Waals surface area contributed by atoms with E-state index in [9.17, 15) is 35.9 Å². The lowest BCUT2D eigenvalue weighted by molar-refractivity contribution is -0.137. The summed E-state index contributed by atoms with van der Waals surface area (Å²) in [6.07, 6.45) is 0.387. The third-order valence-corrected chi connectivity index (χ3v) is 8.13. The molecule has 0 aromatic heterocycles. The molecular formula is C34H35F6N3O3. The van der Waals surface area contributed by atoms with Crippen LogP contribution in [0.4, 0.5) is 26.3 Å². The lowest BCUT2D eigenvalue weighted by Gasteiger charge is -2.25. The quantitative estimate of drug-likeness (QED) is 0.189. The van der Waals surface area contributed by atoms with Gasteiger partial charge in [0.05, 0.1) is 11.3 Å². The lowest BCUT2D eigenvalue weighted by atomic mass is 9.82. The number of Topliss-reactive ketones (excluding diaryl/α,β-unsaturated/α-hetero) is 1. The van der Waals surface area contributed by atoms with Gasteiger partial charge in [-0.15, -0.1) is 0 Å². The molecule has 2 aliphatic carbocycles. The number of ether oxygens (including phenoxy) is 1. The number of alkyl halides is 6. The second kappa shape index (κ2) is 14.8. The van der Waals surface area contributed by atoms with E-state index in [1.807, 2.05) is 5.32 Å². The fourth-order valence-electron chi connectivity index (χ4n) is 5.55. The largest absolute Gasteiger partial charge is 0.457 e. The molecule has 6 nitrogen and oxygen atoms in total. The molecule has 0 aliphatic heterocycles. The zero-order valence-corrected chi connectivity index (χ0v) is 25.2. The molecule has 2 aromatic carbocycles. The topological polar surface area (TPSA) is 91.3 Å². The fourth-order valence-corrected chi connectivity index (χ4v) is 5.55. The number of amides is 1. The minimum absolute atomic E-state index is 0.0244. The number of halogens is 6. The molecule has 1 fully saturated rings. The molecule has 1 amide bonds. The summed E-state index contributed by atoms with van der Waals surface area (Å²) < 4.78 is 81.6. The van der Waals surface area contributed by atoms with Gasteiger partial charge >= 0.3 is 12.4 Å². The maximum atomic E-state index is 13.3. The highest BCUT2D eigenvalue weighted by molar-refractivity contribution is 6.14. The SMILES string of the molecule is CC1=C(C(=O)NCC(F)(F)F)C=CC(=N)/C1=C\NCC1CCCCC(C(=O)c2ccc(Oc3ccc(C(F)(F)F)cc3)cc2)CC1. The summed E-state index contributed by atoms with van der Waals surface area (Å²) in [6, 6.07) is 10.9. The van der Waals surface area contributed by atoms with Gasteiger partial charge in [0.1, 0.15) is 18.0 Å². The maximum absolute atomic E-state index is 13.3. The van der Waals surface area contributed by atoms with E-state index in [1.165, 1.54) is 24.3 Å². The van der Waals surface area contributed by atoms with Gasteiger partial charge in [0.25, 0.3) is 5.91 Å². The van der Waals surface area contributed by atoms with Crippen molar-refractivity contribution in [3.05, 3.63) is 94.7 Å². The Hall–Kier alpha value is -4.35. The van der Waals surface area contributed by atoms with E-state index in [1.54, 1.807) is 37.4 Å². The van der Waals surface area contributed by atoms with Crippen molar-refractivity contribution < 1.29 is 40.7 Å². The molecule has 3 N–H and O–H groups in total. The Balaban J connectivity index is 1.31. The van der Waals surface area contributed by atoms with Gasteiger partial charge < -0.3 is 20.8 Å². The van der Waals surface area contributed by atoms with Gasteiger partial charge in [-0.1, -0.05) is 12.8 Å². The van der Waals surface area contributed by atoms with Crippen LogP contribution in [-0.4, -0.2) is 36.7 Å². The van der Waals surface area contributed by atoms with Crippen LogP contribution in [0.5, 0.6) is 11.5 Å². The Morgan fingerprint density at radius 2 is 1.52 bits per heavy atom. The second-order valence-corrected chi connectivity index (χ2v) is 11.5. The molecule has 1 saturated carbocycles. The first-order chi connectivity index (χ1) is 21.7. The van der Waals surface area contributed by atoms with Crippen LogP contribution in [0.25, 0.3) is 0 Å². The van der Waals surface area contributed by atoms with E-state index in [0.717, 1.165) is 44.2 Å². The fraction of sp³-hybridized carbons (Fsp3) is 0.382. The van der Waals surface area contributed by atoms with Gasteiger partial charge in [0.2, 0.25) is 0 Å². The Bertz CT molecular complexity index is 1510. The zero-order chi connectivity index (χ0) is 33.5. The molecule has 0 heterocycles. The molecule has 0 bridgehead atoms. The summed E-state index contributed by atoms with van der Waals surface area (Å²) in [7, 11) is 0. The molecule has 246 valence electrons. The number of hydrogen-bond acceptors (Lipinski definition) is 5. The van der Waals surface area contributed by atoms with Gasteiger partial charge in [-0.05, 0) is 105 Å². The van der Waals surface area contributed by atoms with Crippen molar-refractivity contribution in [2.24, 2.45) is 11.8 Å². The summed E-state index contributed by atoms with van der Waals surface area (Å²) in [5, 5.41) is 13.3. The second-order valence-electron chi connectivity index (χ2n) is 11.5. The normalized spacial score (nSPS) is 20.2. The smallest absolute Gasteiger partial charge is 0.416 e. The van der Waals surface area contributed by atoms with Crippen molar-refractivity contribution in [3.8, 4) is 11.5 Å². The lowest BCUT2D eigenvalue weighted by Crippen LogP contribution is -2.35. The van der Waals surface area contributed by atoms with Crippen molar-refractivity contribution in [1.29, 1.82) is 5.41 Å². The molecule has 12 heteroatoms. The van der Waals surface area contributed by atoms with Crippen molar-refractivity contribution in [1.82, 2.24) is 10.6 Å². The Kier molecular flexibility index (Phi) is 11.1. The average Bonchev–Trinajstić information content (AvgIpc) is 2.98. The summed E-state index contributed by atoms with van der Waals surface area (Å²) in [5.74, 6) is -0.105. The van der Waals surface area contributed by atoms with E-state index in [4.69, 9.17) is 10.1 Å². The van der Waals surface area contributed by atoms with Crippen LogP contribution < -0.4 is 15.4 Å². The number of nitrogens with one attached hydrogen (secondary N) is 3. The number of rotatable bonds is 9. The van der Waals surface area contributed by atoms with Crippen LogP contribution in [-0.2, 0) is 11.0 Å². The monoisotopic (exact) mass is 647 g/mol. The van der Waals surface area contributed by atoms with Crippen molar-refractivity contribution in [2.75, 3.05) is 13.1 Å². The minimum atomic E-state index is -4.53. The van der Waals surface area contributed by atoms with E-state index in [0.29, 0.717) is 35.4 Å². The summed E-state index contributed by atoms with van der Waals surface area (Å²) >= 11 is 0. The van der Waals surface area contributed by atoms with Crippen LogP contribution in [0.2, 0.25) is 0 Å². The summed E-state index contributed by atoms with van der Waals surface area (Å²) in [5.41, 5.74) is 0.792. The molecule has 0 spiro atoms. The first-order valence-electron chi connectivity index (χ1n) is 15.0. The molecule has 0 saturated heterocycles. The van der Waals surface area contributed by atoms with Gasteiger partial charge in [-0.3, -0.25) is 9.59 Å². The Morgan fingerprint density at radius 1 is 0.891 bits per heavy atom. The zero-order valence-electron chi connectivity index (χ0n) is 25.2. The molecule has 4 rings (SSSR count). The maximum Gasteiger partial charge on any atom is 0.416 e. The highest BCUT2D eigenvalue weighted by Crippen LogP contribution is 2.33. The number of allylic oxidation sites excluding steroid dienone is 3. The third-order valence-electron chi connectivity index (χ3n) is 8.13. The average molecular weight is 648 g/mol. The van der Waals surface area contributed by atoms with E-state index >= 15 is 0 Å². The highest BCUT2D eigenvalue weighted by Gasteiger charge is 2.31. The van der Waals surface area contributed by atoms with Crippen molar-refractivity contribution in [3.63, 3.8) is 0 Å². The van der Waals surface area contributed by atoms with Gasteiger partial charge in [-0.2, -0.15) is 26.3 Å². The van der Waals surface area contributed by atoms with E-state index in [-0.39, 0.29) is 34.7 Å². The predicted molar refractivity (Wildman–Crippen MR) is 162 cm³/mol. The number of carbonyl (C=O) groups is 2. The van der Waals surface area contributed by atoms with Crippen LogP contribution >= 0.6 is 0 Å². The summed E-state index contributed by atoms with van der Waals surface area (Å²) in [6.45, 7) is 0.718. The van der Waals surface area contributed by atoms with Crippen LogP contribution in [0.1, 0.15) is 61.4 Å². The minimum Gasteiger partial charge on any atom is -0.457 e. The standard InChI is InChI=1S/C34H35F6N3O3/c1-21-28(32(45)43-20-33(35,36)37)16-17-30(41)29(21)19-42-18-22-4-2-3-5-23(7-6-22)31(44)24-8-12-26(13-9-24)46-27-14-10-25(11-15-27)34(38,39)40/h8-17,19,22-23,41-42H,2-7,18,20H2,1H3,(H,43,45)/b29-19-,41-30?. The number of hydrogen-bond donors (Lipinski definition) is 3. The third kappa shape index (κ3) is 9.58. The molecule has 2 aromatic rings. The number of benzene rings is 2. The Morgan fingerprint density at radius 3 is 2.15 bits per heavy atom. The van der Waals surface area contributed by atoms with E-state index in [2.05, 4.69) is 5.32 Å². The predicted octanol–water partition coefficient (Wildman–Crippen LogP) is 8.33. The van der Waals surface area contributed by atoms with Crippen molar-refractivity contribution >= 4 is 17.4 Å². The molecule has 2 aliphatic rings. The first-order valence-corrected chi connectivity index (χ1v) is 15.0. The molecule has 2 atom stereocenters. The van der Waals surface area contributed by atoms with Gasteiger partial charge in [0.15, 0.2) is 5.78 Å². The molecule has 2 unspecified atom stereocenters. The molecule has 46 heavy (non-hydrogen) atoms. The highest BCUT2D eigenvalue weighted by atomic mass is 19.4. The van der Waals surface area contributed by atoms with Gasteiger partial charge in [0, 0.05) is 35.4 Å². The summed E-state index contributed by atoms with van der Waals surface area (Å²) in [4.78, 5) is 25.7. The van der Waals surface area contributed by atoms with Crippen LogP contribution in [0.15, 0.2) is 83.6 Å². The molecular weight excluding hydrogens is 612 g/mol. The van der Waals surface area contributed by atoms with Gasteiger partial charge in [-0.25, -0.2) is 0 Å². The molecule has 0 radical (unpaired) electrons. The first kappa shape index (κ1) is 34.5. The Labute approximate surface area is 263 Å². The number of ketones is 1. The number of carbonyl (C=O) groups excluding carboxylic acids is 2. The van der Waals surface area contributed by atoms with Crippen LogP contribution in [0.3, 0.4) is 0 Å². The van der Waals surface area contributed by atoms with Crippen molar-refractivity contribution in [2.45, 2.75) is 57.8 Å². The van der Waals surface area contributed by atoms with E-state index < -0.39 is 30.4 Å². The van der Waals surface area contributed by atoms with Crippen LogP contribution in [0, 0.1) is 17.2 Å².